The quantitative estimate of drug-likeness (QED) is 0.826. The van der Waals surface area contributed by atoms with Crippen LogP contribution in [-0.4, -0.2) is 32.2 Å². The van der Waals surface area contributed by atoms with Gasteiger partial charge < -0.3 is 10.2 Å². The van der Waals surface area contributed by atoms with E-state index in [0.29, 0.717) is 18.0 Å². The topological polar surface area (TPSA) is 58.3 Å². The highest BCUT2D eigenvalue weighted by molar-refractivity contribution is 6.31. The van der Waals surface area contributed by atoms with Crippen molar-refractivity contribution < 1.29 is 10.2 Å². The Balaban J connectivity index is 2.97. The normalized spacial score (nSPS) is 15.1. The first kappa shape index (κ1) is 13.5. The van der Waals surface area contributed by atoms with Crippen LogP contribution in [0.1, 0.15) is 32.2 Å². The highest BCUT2D eigenvalue weighted by atomic mass is 35.5. The number of aromatic nitrogens is 2. The van der Waals surface area contributed by atoms with Gasteiger partial charge in [0.1, 0.15) is 0 Å². The third-order valence-electron chi connectivity index (χ3n) is 2.65. The van der Waals surface area contributed by atoms with Crippen molar-refractivity contribution in [3.63, 3.8) is 0 Å². The van der Waals surface area contributed by atoms with E-state index >= 15 is 0 Å². The van der Waals surface area contributed by atoms with Crippen LogP contribution in [0.4, 0.5) is 0 Å². The van der Waals surface area contributed by atoms with Crippen LogP contribution in [0, 0.1) is 0 Å². The van der Waals surface area contributed by atoms with Crippen molar-refractivity contribution in [2.75, 3.05) is 0 Å². The third-order valence-corrected chi connectivity index (χ3v) is 3.09. The maximum absolute atomic E-state index is 9.66. The standard InChI is InChI=1S/C11H19ClN2O2/c1-4-8-11(12)9(14(5-2)13-8)6-10(16)7(3)15/h7,10,15-16H,4-6H2,1-3H3. The summed E-state index contributed by atoms with van der Waals surface area (Å²) in [4.78, 5) is 0. The van der Waals surface area contributed by atoms with E-state index in [1.165, 1.54) is 0 Å². The molecule has 0 aliphatic carbocycles. The molecule has 2 unspecified atom stereocenters. The lowest BCUT2D eigenvalue weighted by Gasteiger charge is -2.14. The average Bonchev–Trinajstić information content (AvgIpc) is 2.55. The second-order valence-corrected chi connectivity index (χ2v) is 4.27. The SMILES string of the molecule is CCc1nn(CC)c(CC(O)C(C)O)c1Cl. The molecule has 1 rings (SSSR count). The lowest BCUT2D eigenvalue weighted by molar-refractivity contribution is 0.0307. The van der Waals surface area contributed by atoms with E-state index in [1.807, 2.05) is 13.8 Å². The Morgan fingerprint density at radius 1 is 1.38 bits per heavy atom. The maximum Gasteiger partial charge on any atom is 0.0852 e. The minimum absolute atomic E-state index is 0.331. The van der Waals surface area contributed by atoms with Gasteiger partial charge in [-0.3, -0.25) is 4.68 Å². The monoisotopic (exact) mass is 246 g/mol. The summed E-state index contributed by atoms with van der Waals surface area (Å²) in [6.07, 6.45) is -0.466. The molecule has 0 radical (unpaired) electrons. The predicted octanol–water partition coefficient (Wildman–Crippen LogP) is 1.40. The minimum Gasteiger partial charge on any atom is -0.391 e. The molecule has 2 N–H and O–H groups in total. The van der Waals surface area contributed by atoms with Gasteiger partial charge in [-0.2, -0.15) is 5.10 Å². The van der Waals surface area contributed by atoms with E-state index in [0.717, 1.165) is 17.8 Å². The molecule has 5 heteroatoms. The molecule has 0 aromatic carbocycles. The number of aryl methyl sites for hydroxylation is 2. The smallest absolute Gasteiger partial charge is 0.0852 e. The molecule has 1 aromatic rings. The number of rotatable bonds is 5. The molecule has 92 valence electrons. The van der Waals surface area contributed by atoms with Crippen LogP contribution in [0.25, 0.3) is 0 Å². The Bertz CT molecular complexity index is 350. The fraction of sp³-hybridized carbons (Fsp3) is 0.727. The van der Waals surface area contributed by atoms with Gasteiger partial charge in [-0.05, 0) is 20.3 Å². The van der Waals surface area contributed by atoms with Crippen LogP contribution < -0.4 is 0 Å². The summed E-state index contributed by atoms with van der Waals surface area (Å²) in [7, 11) is 0. The van der Waals surface area contributed by atoms with Crippen molar-refractivity contribution in [3.05, 3.63) is 16.4 Å². The summed E-state index contributed by atoms with van der Waals surface area (Å²) in [5, 5.41) is 23.9. The third kappa shape index (κ3) is 2.75. The lowest BCUT2D eigenvalue weighted by atomic mass is 10.1. The van der Waals surface area contributed by atoms with Crippen LogP contribution in [0.15, 0.2) is 0 Å². The molecule has 16 heavy (non-hydrogen) atoms. The van der Waals surface area contributed by atoms with E-state index in [2.05, 4.69) is 5.10 Å². The Hall–Kier alpha value is -0.580. The number of aliphatic hydroxyl groups excluding tert-OH is 2. The van der Waals surface area contributed by atoms with Gasteiger partial charge in [0.15, 0.2) is 0 Å². The van der Waals surface area contributed by atoms with E-state index in [4.69, 9.17) is 11.6 Å². The van der Waals surface area contributed by atoms with Crippen molar-refractivity contribution in [2.45, 2.75) is 52.4 Å². The maximum atomic E-state index is 9.66. The van der Waals surface area contributed by atoms with Gasteiger partial charge in [-0.15, -0.1) is 0 Å². The van der Waals surface area contributed by atoms with Crippen molar-refractivity contribution in [3.8, 4) is 0 Å². The average molecular weight is 247 g/mol. The molecular weight excluding hydrogens is 228 g/mol. The molecule has 0 bridgehead atoms. The summed E-state index contributed by atoms with van der Waals surface area (Å²) < 4.78 is 1.78. The van der Waals surface area contributed by atoms with Crippen LogP contribution in [-0.2, 0) is 19.4 Å². The molecule has 2 atom stereocenters. The van der Waals surface area contributed by atoms with E-state index in [1.54, 1.807) is 11.6 Å². The number of halogens is 1. The summed E-state index contributed by atoms with van der Waals surface area (Å²) in [5.41, 5.74) is 1.64. The molecule has 1 aromatic heterocycles. The summed E-state index contributed by atoms with van der Waals surface area (Å²) in [6, 6.07) is 0. The Morgan fingerprint density at radius 2 is 2.00 bits per heavy atom. The Kier molecular flexibility index (Phi) is 4.77. The van der Waals surface area contributed by atoms with Gasteiger partial charge in [-0.1, -0.05) is 18.5 Å². The number of aliphatic hydroxyl groups is 2. The molecule has 0 aliphatic heterocycles. The number of nitrogens with zero attached hydrogens (tertiary/aromatic N) is 2. The van der Waals surface area contributed by atoms with Crippen LogP contribution in [0.2, 0.25) is 5.02 Å². The Labute approximate surface area is 101 Å². The molecule has 1 heterocycles. The van der Waals surface area contributed by atoms with Gasteiger partial charge in [0.05, 0.1) is 28.6 Å². The largest absolute Gasteiger partial charge is 0.391 e. The summed E-state index contributed by atoms with van der Waals surface area (Å²) in [5.74, 6) is 0. The molecule has 0 saturated heterocycles. The van der Waals surface area contributed by atoms with Crippen molar-refractivity contribution in [2.24, 2.45) is 0 Å². The molecule has 0 fully saturated rings. The molecule has 0 spiro atoms. The van der Waals surface area contributed by atoms with Gasteiger partial charge in [0, 0.05) is 13.0 Å². The first-order valence-electron chi connectivity index (χ1n) is 5.61. The first-order valence-corrected chi connectivity index (χ1v) is 5.99. The minimum atomic E-state index is -0.802. The predicted molar refractivity (Wildman–Crippen MR) is 63.7 cm³/mol. The van der Waals surface area contributed by atoms with Crippen LogP contribution >= 0.6 is 11.6 Å². The number of hydrogen-bond donors (Lipinski definition) is 2. The van der Waals surface area contributed by atoms with Crippen molar-refractivity contribution in [1.82, 2.24) is 9.78 Å². The first-order chi connectivity index (χ1) is 7.51. The highest BCUT2D eigenvalue weighted by Gasteiger charge is 2.19. The second-order valence-electron chi connectivity index (χ2n) is 3.89. The lowest BCUT2D eigenvalue weighted by Crippen LogP contribution is -2.26. The van der Waals surface area contributed by atoms with E-state index < -0.39 is 12.2 Å². The molecule has 4 nitrogen and oxygen atoms in total. The Morgan fingerprint density at radius 3 is 2.44 bits per heavy atom. The van der Waals surface area contributed by atoms with Crippen molar-refractivity contribution >= 4 is 11.6 Å². The molecule has 0 saturated carbocycles. The zero-order valence-electron chi connectivity index (χ0n) is 9.94. The van der Waals surface area contributed by atoms with Crippen molar-refractivity contribution in [1.29, 1.82) is 0 Å². The van der Waals surface area contributed by atoms with Crippen LogP contribution in [0.5, 0.6) is 0 Å². The van der Waals surface area contributed by atoms with Gasteiger partial charge in [-0.25, -0.2) is 0 Å². The zero-order valence-corrected chi connectivity index (χ0v) is 10.7. The van der Waals surface area contributed by atoms with Gasteiger partial charge in [0.25, 0.3) is 0 Å². The van der Waals surface area contributed by atoms with Gasteiger partial charge >= 0.3 is 0 Å². The fourth-order valence-corrected chi connectivity index (χ4v) is 1.93. The van der Waals surface area contributed by atoms with Crippen LogP contribution in [0.3, 0.4) is 0 Å². The molecule has 0 amide bonds. The number of hydrogen-bond acceptors (Lipinski definition) is 3. The highest BCUT2D eigenvalue weighted by Crippen LogP contribution is 2.23. The molecule has 0 aliphatic rings. The summed E-state index contributed by atoms with van der Waals surface area (Å²) >= 11 is 6.18. The second kappa shape index (κ2) is 5.66. The van der Waals surface area contributed by atoms with E-state index in [-0.39, 0.29) is 0 Å². The molecular formula is C11H19ClN2O2. The van der Waals surface area contributed by atoms with E-state index in [9.17, 15) is 10.2 Å². The summed E-state index contributed by atoms with van der Waals surface area (Å²) in [6.45, 7) is 6.23. The zero-order chi connectivity index (χ0) is 12.3. The fourth-order valence-electron chi connectivity index (χ4n) is 1.58. The van der Waals surface area contributed by atoms with Gasteiger partial charge in [0.2, 0.25) is 0 Å².